The van der Waals surface area contributed by atoms with Gasteiger partial charge in [-0.05, 0) is 11.2 Å². The molecule has 1 aromatic heterocycles. The highest BCUT2D eigenvalue weighted by atomic mass is 15.2. The summed E-state index contributed by atoms with van der Waals surface area (Å²) in [4.78, 5) is 0. The predicted octanol–water partition coefficient (Wildman–Crippen LogP) is 2.27. The van der Waals surface area contributed by atoms with Crippen LogP contribution in [0.15, 0.2) is 18.3 Å². The lowest BCUT2D eigenvalue weighted by Crippen LogP contribution is -2.35. The number of aromatic nitrogens is 2. The van der Waals surface area contributed by atoms with Crippen LogP contribution >= 0.6 is 0 Å². The van der Waals surface area contributed by atoms with E-state index in [-0.39, 0.29) is 0 Å². The summed E-state index contributed by atoms with van der Waals surface area (Å²) in [6.07, 6.45) is 1.77. The van der Waals surface area contributed by atoms with E-state index in [0.717, 1.165) is 0 Å². The molecule has 0 saturated carbocycles. The molecule has 0 aliphatic carbocycles. The van der Waals surface area contributed by atoms with Crippen LogP contribution in [-0.4, -0.2) is 5.10 Å². The Morgan fingerprint density at radius 2 is 1.67 bits per heavy atom. The van der Waals surface area contributed by atoms with Gasteiger partial charge in [-0.3, -0.25) is 0 Å². The van der Waals surface area contributed by atoms with Crippen molar-refractivity contribution >= 4 is 0 Å². The smallest absolute Gasteiger partial charge is 0.0915 e. The average molecular weight is 169 g/mol. The molecule has 0 aliphatic heterocycles. The van der Waals surface area contributed by atoms with Gasteiger partial charge in [-0.2, -0.15) is 0 Å². The Labute approximate surface area is 76.3 Å². The van der Waals surface area contributed by atoms with Crippen LogP contribution in [0, 0.1) is 6.92 Å². The summed E-state index contributed by atoms with van der Waals surface area (Å²) in [7, 11) is 1.93. The van der Waals surface area contributed by atoms with Crippen LogP contribution in [0.4, 0.5) is 0 Å². The Hall–Kier alpha value is -0.920. The van der Waals surface area contributed by atoms with E-state index in [1.165, 1.54) is 5.69 Å². The van der Waals surface area contributed by atoms with Gasteiger partial charge in [0.1, 0.15) is 0 Å². The molecular formula is C10H21N2+. The fraction of sp³-hybridized carbons (Fsp3) is 0.600. The monoisotopic (exact) mass is 169 g/mol. The minimum atomic E-state index is 1.17. The first-order valence-electron chi connectivity index (χ1n) is 4.58. The maximum absolute atomic E-state index is 4.00. The largest absolute Gasteiger partial charge is 0.205 e. The van der Waals surface area contributed by atoms with Crippen molar-refractivity contribution in [1.29, 1.82) is 0 Å². The van der Waals surface area contributed by atoms with Crippen molar-refractivity contribution < 1.29 is 4.68 Å². The molecule has 0 unspecified atom stereocenters. The quantitative estimate of drug-likeness (QED) is 0.544. The van der Waals surface area contributed by atoms with Gasteiger partial charge < -0.3 is 0 Å². The molecule has 12 heavy (non-hydrogen) atoms. The van der Waals surface area contributed by atoms with Gasteiger partial charge in [0.2, 0.25) is 5.69 Å². The van der Waals surface area contributed by atoms with Crippen LogP contribution in [0.5, 0.6) is 0 Å². The molecule has 1 rings (SSSR count). The molecule has 0 spiro atoms. The van der Waals surface area contributed by atoms with Crippen LogP contribution in [-0.2, 0) is 7.05 Å². The van der Waals surface area contributed by atoms with E-state index in [9.17, 15) is 0 Å². The Kier molecular flexibility index (Phi) is 11.5. The molecule has 70 valence electrons. The molecule has 0 N–H and O–H groups in total. The second-order valence-electron chi connectivity index (χ2n) is 1.79. The van der Waals surface area contributed by atoms with Crippen molar-refractivity contribution in [3.63, 3.8) is 0 Å². The van der Waals surface area contributed by atoms with Crippen molar-refractivity contribution in [1.82, 2.24) is 5.10 Å². The molecule has 0 aliphatic rings. The molecular weight excluding hydrogens is 148 g/mol. The Morgan fingerprint density at radius 1 is 1.17 bits per heavy atom. The standard InChI is InChI=1S/C6H9N2.2C2H6/c1-6-4-3-5-7-8(6)2;2*1-2/h3-5H,1-2H3;2*1-2H3/q+1;;. The maximum Gasteiger partial charge on any atom is 0.205 e. The van der Waals surface area contributed by atoms with Gasteiger partial charge in [-0.25, -0.2) is 0 Å². The van der Waals surface area contributed by atoms with E-state index in [1.54, 1.807) is 6.20 Å². The molecule has 2 heteroatoms. The van der Waals surface area contributed by atoms with Crippen molar-refractivity contribution in [3.05, 3.63) is 24.0 Å². The third-order valence-electron chi connectivity index (χ3n) is 1.17. The molecule has 0 saturated heterocycles. The minimum absolute atomic E-state index is 1.17. The molecule has 0 bridgehead atoms. The van der Waals surface area contributed by atoms with Gasteiger partial charge in [-0.15, -0.1) is 0 Å². The second kappa shape index (κ2) is 10.1. The lowest BCUT2D eigenvalue weighted by Gasteiger charge is -1.84. The van der Waals surface area contributed by atoms with Crippen molar-refractivity contribution in [2.45, 2.75) is 34.6 Å². The zero-order chi connectivity index (χ0) is 9.98. The van der Waals surface area contributed by atoms with Crippen LogP contribution < -0.4 is 4.68 Å². The molecule has 0 amide bonds. The zero-order valence-corrected chi connectivity index (χ0v) is 9.13. The Balaban J connectivity index is 0. The van der Waals surface area contributed by atoms with E-state index in [4.69, 9.17) is 0 Å². The summed E-state index contributed by atoms with van der Waals surface area (Å²) >= 11 is 0. The van der Waals surface area contributed by atoms with Crippen LogP contribution in [0.3, 0.4) is 0 Å². The third kappa shape index (κ3) is 5.83. The topological polar surface area (TPSA) is 16.8 Å². The SMILES string of the molecule is CC.CC.Cc1cccn[n+]1C. The Bertz CT molecular complexity index is 164. The number of hydrogen-bond donors (Lipinski definition) is 0. The molecule has 1 aromatic rings. The van der Waals surface area contributed by atoms with Crippen LogP contribution in [0.1, 0.15) is 33.4 Å². The van der Waals surface area contributed by atoms with Gasteiger partial charge >= 0.3 is 0 Å². The van der Waals surface area contributed by atoms with Gasteiger partial charge in [0.25, 0.3) is 0 Å². The summed E-state index contributed by atoms with van der Waals surface area (Å²) in [6, 6.07) is 3.95. The lowest BCUT2D eigenvalue weighted by atomic mass is 10.4. The van der Waals surface area contributed by atoms with Crippen molar-refractivity contribution in [3.8, 4) is 0 Å². The summed E-state index contributed by atoms with van der Waals surface area (Å²) in [5, 5.41) is 4.00. The predicted molar refractivity (Wildman–Crippen MR) is 52.8 cm³/mol. The molecule has 1 heterocycles. The molecule has 0 radical (unpaired) electrons. The highest BCUT2D eigenvalue weighted by molar-refractivity contribution is 4.89. The minimum Gasteiger partial charge on any atom is -0.0915 e. The highest BCUT2D eigenvalue weighted by Gasteiger charge is 1.94. The van der Waals surface area contributed by atoms with E-state index in [0.29, 0.717) is 0 Å². The average Bonchev–Trinajstić information content (AvgIpc) is 2.17. The third-order valence-corrected chi connectivity index (χ3v) is 1.17. The van der Waals surface area contributed by atoms with Crippen LogP contribution in [0.2, 0.25) is 0 Å². The number of aryl methyl sites for hydroxylation is 2. The van der Waals surface area contributed by atoms with Crippen molar-refractivity contribution in [2.24, 2.45) is 7.05 Å². The van der Waals surface area contributed by atoms with E-state index < -0.39 is 0 Å². The van der Waals surface area contributed by atoms with Crippen molar-refractivity contribution in [2.75, 3.05) is 0 Å². The second-order valence-corrected chi connectivity index (χ2v) is 1.79. The molecule has 0 aromatic carbocycles. The fourth-order valence-corrected chi connectivity index (χ4v) is 0.520. The zero-order valence-electron chi connectivity index (χ0n) is 9.13. The number of hydrogen-bond acceptors (Lipinski definition) is 1. The van der Waals surface area contributed by atoms with E-state index in [1.807, 2.05) is 58.5 Å². The first-order chi connectivity index (χ1) is 5.80. The summed E-state index contributed by atoms with van der Waals surface area (Å²) in [5.74, 6) is 0. The molecule has 0 atom stereocenters. The molecule has 2 nitrogen and oxygen atoms in total. The highest BCUT2D eigenvalue weighted by Crippen LogP contribution is 1.80. The first kappa shape index (κ1) is 13.7. The summed E-state index contributed by atoms with van der Waals surface area (Å²) in [5.41, 5.74) is 1.17. The van der Waals surface area contributed by atoms with Gasteiger partial charge in [0.15, 0.2) is 7.05 Å². The fourth-order valence-electron chi connectivity index (χ4n) is 0.520. The van der Waals surface area contributed by atoms with E-state index in [2.05, 4.69) is 5.10 Å². The van der Waals surface area contributed by atoms with Crippen LogP contribution in [0.25, 0.3) is 0 Å². The van der Waals surface area contributed by atoms with Gasteiger partial charge in [-0.1, -0.05) is 32.4 Å². The van der Waals surface area contributed by atoms with Gasteiger partial charge in [0, 0.05) is 13.0 Å². The molecule has 0 fully saturated rings. The van der Waals surface area contributed by atoms with Gasteiger partial charge in [0.05, 0.1) is 6.20 Å². The Morgan fingerprint density at radius 3 is 1.92 bits per heavy atom. The lowest BCUT2D eigenvalue weighted by molar-refractivity contribution is -0.736. The first-order valence-corrected chi connectivity index (χ1v) is 4.58. The maximum atomic E-state index is 4.00. The van der Waals surface area contributed by atoms with E-state index >= 15 is 0 Å². The summed E-state index contributed by atoms with van der Waals surface area (Å²) < 4.78 is 1.83. The normalized spacial score (nSPS) is 7.17. The number of nitrogens with zero attached hydrogens (tertiary/aromatic N) is 2. The number of rotatable bonds is 0. The summed E-state index contributed by atoms with van der Waals surface area (Å²) in [6.45, 7) is 10.0.